The van der Waals surface area contributed by atoms with Gasteiger partial charge in [-0.25, -0.2) is 0 Å². The molecule has 0 saturated carbocycles. The first-order valence-corrected chi connectivity index (χ1v) is 4.74. The Hall–Kier alpha value is -2.08. The van der Waals surface area contributed by atoms with Gasteiger partial charge in [-0.1, -0.05) is 0 Å². The lowest BCUT2D eigenvalue weighted by molar-refractivity contribution is 0.861. The van der Waals surface area contributed by atoms with Gasteiger partial charge in [0.2, 0.25) is 0 Å². The van der Waals surface area contributed by atoms with Crippen molar-refractivity contribution in [3.05, 3.63) is 42.5 Å². The molecule has 15 heavy (non-hydrogen) atoms. The molecule has 0 fully saturated rings. The fraction of sp³-hybridized carbons (Fsp3) is 0.167. The maximum atomic E-state index is 8.65. The highest BCUT2D eigenvalue weighted by molar-refractivity contribution is 5.63. The summed E-state index contributed by atoms with van der Waals surface area (Å²) in [5.41, 5.74) is 3.29. The van der Waals surface area contributed by atoms with E-state index in [0.717, 1.165) is 16.8 Å². The second-order valence-corrected chi connectivity index (χ2v) is 3.40. The van der Waals surface area contributed by atoms with E-state index in [1.807, 2.05) is 36.0 Å². The SMILES string of the molecule is Cn1cc(-c2ccncc2)cc1CC#N. The van der Waals surface area contributed by atoms with Gasteiger partial charge in [0.1, 0.15) is 0 Å². The monoisotopic (exact) mass is 197 g/mol. The van der Waals surface area contributed by atoms with Gasteiger partial charge in [-0.15, -0.1) is 0 Å². The molecule has 0 amide bonds. The minimum absolute atomic E-state index is 0.446. The second-order valence-electron chi connectivity index (χ2n) is 3.40. The highest BCUT2D eigenvalue weighted by Crippen LogP contribution is 2.20. The highest BCUT2D eigenvalue weighted by atomic mass is 14.9. The van der Waals surface area contributed by atoms with Gasteiger partial charge < -0.3 is 4.57 Å². The normalized spacial score (nSPS) is 9.87. The largest absolute Gasteiger partial charge is 0.353 e. The van der Waals surface area contributed by atoms with Crippen LogP contribution in [0.5, 0.6) is 0 Å². The summed E-state index contributed by atoms with van der Waals surface area (Å²) < 4.78 is 1.99. The van der Waals surface area contributed by atoms with Gasteiger partial charge in [-0.2, -0.15) is 5.26 Å². The zero-order chi connectivity index (χ0) is 10.7. The quantitative estimate of drug-likeness (QED) is 0.740. The van der Waals surface area contributed by atoms with Crippen molar-refractivity contribution in [2.75, 3.05) is 0 Å². The second kappa shape index (κ2) is 3.97. The number of nitriles is 1. The summed E-state index contributed by atoms with van der Waals surface area (Å²) in [4.78, 5) is 3.98. The Morgan fingerprint density at radius 3 is 2.73 bits per heavy atom. The molecule has 0 unspecified atom stereocenters. The zero-order valence-corrected chi connectivity index (χ0v) is 8.51. The van der Waals surface area contributed by atoms with E-state index in [0.29, 0.717) is 6.42 Å². The molecular weight excluding hydrogens is 186 g/mol. The van der Waals surface area contributed by atoms with E-state index in [4.69, 9.17) is 5.26 Å². The molecule has 0 spiro atoms. The van der Waals surface area contributed by atoms with Crippen LogP contribution in [0.2, 0.25) is 0 Å². The van der Waals surface area contributed by atoms with E-state index < -0.39 is 0 Å². The molecule has 0 N–H and O–H groups in total. The molecule has 0 radical (unpaired) electrons. The first-order chi connectivity index (χ1) is 7.31. The smallest absolute Gasteiger partial charge is 0.0754 e. The van der Waals surface area contributed by atoms with E-state index in [-0.39, 0.29) is 0 Å². The number of rotatable bonds is 2. The van der Waals surface area contributed by atoms with Crippen LogP contribution in [-0.4, -0.2) is 9.55 Å². The molecule has 0 aliphatic rings. The number of aromatic nitrogens is 2. The van der Waals surface area contributed by atoms with E-state index in [9.17, 15) is 0 Å². The zero-order valence-electron chi connectivity index (χ0n) is 8.51. The first kappa shape index (κ1) is 9.47. The summed E-state index contributed by atoms with van der Waals surface area (Å²) in [5.74, 6) is 0. The molecule has 2 aromatic rings. The number of nitrogens with zero attached hydrogens (tertiary/aromatic N) is 3. The average molecular weight is 197 g/mol. The predicted octanol–water partition coefficient (Wildman–Crippen LogP) is 2.15. The van der Waals surface area contributed by atoms with E-state index in [2.05, 4.69) is 11.1 Å². The van der Waals surface area contributed by atoms with Crippen LogP contribution in [0.1, 0.15) is 5.69 Å². The summed E-state index contributed by atoms with van der Waals surface area (Å²) >= 11 is 0. The molecule has 0 aliphatic carbocycles. The Kier molecular flexibility index (Phi) is 2.51. The number of aryl methyl sites for hydroxylation is 1. The summed E-state index contributed by atoms with van der Waals surface area (Å²) in [7, 11) is 1.96. The van der Waals surface area contributed by atoms with Crippen LogP contribution in [0.3, 0.4) is 0 Å². The Bertz CT molecular complexity index is 491. The Morgan fingerprint density at radius 1 is 1.33 bits per heavy atom. The maximum Gasteiger partial charge on any atom is 0.0754 e. The van der Waals surface area contributed by atoms with Gasteiger partial charge in [0.15, 0.2) is 0 Å². The molecular formula is C12H11N3. The predicted molar refractivity (Wildman–Crippen MR) is 58.0 cm³/mol. The Morgan fingerprint density at radius 2 is 2.07 bits per heavy atom. The summed E-state index contributed by atoms with van der Waals surface area (Å²) in [6, 6.07) is 8.12. The number of hydrogen-bond donors (Lipinski definition) is 0. The fourth-order valence-electron chi connectivity index (χ4n) is 1.57. The molecule has 2 rings (SSSR count). The van der Waals surface area contributed by atoms with Gasteiger partial charge >= 0.3 is 0 Å². The van der Waals surface area contributed by atoms with Crippen molar-refractivity contribution < 1.29 is 0 Å². The molecule has 3 nitrogen and oxygen atoms in total. The molecule has 0 aliphatic heterocycles. The average Bonchev–Trinajstić information content (AvgIpc) is 2.63. The van der Waals surface area contributed by atoms with E-state index in [1.54, 1.807) is 12.4 Å². The van der Waals surface area contributed by atoms with E-state index in [1.165, 1.54) is 0 Å². The van der Waals surface area contributed by atoms with E-state index >= 15 is 0 Å². The third-order valence-electron chi connectivity index (χ3n) is 2.38. The summed E-state index contributed by atoms with van der Waals surface area (Å²) in [5, 5.41) is 8.65. The molecule has 0 aromatic carbocycles. The lowest BCUT2D eigenvalue weighted by atomic mass is 10.1. The minimum atomic E-state index is 0.446. The molecule has 0 saturated heterocycles. The van der Waals surface area contributed by atoms with Gasteiger partial charge in [0.25, 0.3) is 0 Å². The number of hydrogen-bond acceptors (Lipinski definition) is 2. The third kappa shape index (κ3) is 1.89. The Balaban J connectivity index is 2.40. The number of pyridine rings is 1. The minimum Gasteiger partial charge on any atom is -0.353 e. The van der Waals surface area contributed by atoms with Crippen molar-refractivity contribution in [2.24, 2.45) is 7.05 Å². The van der Waals surface area contributed by atoms with Gasteiger partial charge in [-0.3, -0.25) is 4.98 Å². The molecule has 74 valence electrons. The van der Waals surface area contributed by atoms with Gasteiger partial charge in [-0.05, 0) is 29.3 Å². The van der Waals surface area contributed by atoms with Gasteiger partial charge in [0.05, 0.1) is 12.5 Å². The van der Waals surface area contributed by atoms with Crippen molar-refractivity contribution in [1.29, 1.82) is 5.26 Å². The summed E-state index contributed by atoms with van der Waals surface area (Å²) in [6.45, 7) is 0. The van der Waals surface area contributed by atoms with Crippen molar-refractivity contribution in [2.45, 2.75) is 6.42 Å². The van der Waals surface area contributed by atoms with Crippen molar-refractivity contribution in [3.8, 4) is 17.2 Å². The lowest BCUT2D eigenvalue weighted by Crippen LogP contribution is -1.91. The molecule has 2 heterocycles. The van der Waals surface area contributed by atoms with Crippen LogP contribution in [0.4, 0.5) is 0 Å². The van der Waals surface area contributed by atoms with Crippen LogP contribution < -0.4 is 0 Å². The Labute approximate surface area is 88.6 Å². The van der Waals surface area contributed by atoms with Crippen LogP contribution in [0.15, 0.2) is 36.8 Å². The standard InChI is InChI=1S/C12H11N3/c1-15-9-11(8-12(15)2-5-13)10-3-6-14-7-4-10/h3-4,6-9H,2H2,1H3. The van der Waals surface area contributed by atoms with Crippen molar-refractivity contribution >= 4 is 0 Å². The van der Waals surface area contributed by atoms with Crippen LogP contribution >= 0.6 is 0 Å². The fourth-order valence-corrected chi connectivity index (χ4v) is 1.57. The highest BCUT2D eigenvalue weighted by Gasteiger charge is 2.04. The van der Waals surface area contributed by atoms with Gasteiger partial charge in [0, 0.05) is 31.3 Å². The summed E-state index contributed by atoms with van der Waals surface area (Å²) in [6.07, 6.45) is 6.02. The maximum absolute atomic E-state index is 8.65. The van der Waals surface area contributed by atoms with Crippen molar-refractivity contribution in [1.82, 2.24) is 9.55 Å². The van der Waals surface area contributed by atoms with Crippen LogP contribution in [0.25, 0.3) is 11.1 Å². The van der Waals surface area contributed by atoms with Crippen LogP contribution in [-0.2, 0) is 13.5 Å². The van der Waals surface area contributed by atoms with Crippen molar-refractivity contribution in [3.63, 3.8) is 0 Å². The molecule has 0 bridgehead atoms. The molecule has 2 aromatic heterocycles. The first-order valence-electron chi connectivity index (χ1n) is 4.74. The topological polar surface area (TPSA) is 41.6 Å². The molecule has 3 heteroatoms. The van der Waals surface area contributed by atoms with Crippen LogP contribution in [0, 0.1) is 11.3 Å². The molecule has 0 atom stereocenters. The third-order valence-corrected chi connectivity index (χ3v) is 2.38. The lowest BCUT2D eigenvalue weighted by Gasteiger charge is -1.94.